The molecule has 0 heterocycles. The Hall–Kier alpha value is -3.76. The van der Waals surface area contributed by atoms with E-state index in [1.165, 1.54) is 37.4 Å². The van der Waals surface area contributed by atoms with Gasteiger partial charge in [-0.15, -0.1) is 0 Å². The molecule has 0 fully saturated rings. The molecule has 0 aliphatic heterocycles. The van der Waals surface area contributed by atoms with E-state index in [-0.39, 0.29) is 33.2 Å². The average Bonchev–Trinajstić information content (AvgIpc) is 2.72. The predicted molar refractivity (Wildman–Crippen MR) is 108 cm³/mol. The van der Waals surface area contributed by atoms with E-state index in [4.69, 9.17) is 9.29 Å². The summed E-state index contributed by atoms with van der Waals surface area (Å²) in [6, 6.07) is 7.82. The third-order valence-corrected chi connectivity index (χ3v) is 5.69. The third-order valence-electron chi connectivity index (χ3n) is 5.06. The molecule has 0 bridgehead atoms. The monoisotopic (exact) mass is 442 g/mol. The van der Waals surface area contributed by atoms with Crippen LogP contribution < -0.4 is 4.74 Å². The Morgan fingerprint density at radius 3 is 2.23 bits per heavy atom. The Balaban J connectivity index is 1.99. The Labute approximate surface area is 175 Å². The number of benzene rings is 3. The van der Waals surface area contributed by atoms with Crippen LogP contribution in [0.1, 0.15) is 42.2 Å². The van der Waals surface area contributed by atoms with E-state index in [2.05, 4.69) is 0 Å². The number of Topliss-reactive ketones (excluding diaryl/α,β-unsaturated/α-hetero) is 1. The number of ketones is 3. The third kappa shape index (κ3) is 3.13. The smallest absolute Gasteiger partial charge is 0.272 e. The molecule has 3 aromatic carbocycles. The van der Waals surface area contributed by atoms with Crippen molar-refractivity contribution in [2.24, 2.45) is 0 Å². The van der Waals surface area contributed by atoms with Crippen molar-refractivity contribution in [3.63, 3.8) is 0 Å². The van der Waals surface area contributed by atoms with Crippen LogP contribution >= 0.6 is 0 Å². The van der Waals surface area contributed by atoms with Crippen LogP contribution in [0.3, 0.4) is 0 Å². The first-order valence-electron chi connectivity index (χ1n) is 8.81. The van der Waals surface area contributed by atoms with Gasteiger partial charge in [0.25, 0.3) is 10.1 Å². The van der Waals surface area contributed by atoms with Crippen molar-refractivity contribution in [1.29, 1.82) is 0 Å². The van der Waals surface area contributed by atoms with Crippen LogP contribution in [0.5, 0.6) is 17.2 Å². The van der Waals surface area contributed by atoms with Gasteiger partial charge in [0.05, 0.1) is 23.8 Å². The lowest BCUT2D eigenvalue weighted by Gasteiger charge is -2.22. The standard InChI is InChI=1S/C21H14O9S/c1-30-14-4-2-3-11-15(14)21(26)17-16(19(11)24)20(25)12-7-9(5-6-10(12)18(17)23)13(22)8-31(27,28)29/h2-7,23,25H,8H2,1H3,(H,27,28,29). The van der Waals surface area contributed by atoms with Gasteiger partial charge < -0.3 is 14.9 Å². The van der Waals surface area contributed by atoms with E-state index < -0.39 is 55.8 Å². The molecule has 10 heteroatoms. The van der Waals surface area contributed by atoms with Gasteiger partial charge in [0.15, 0.2) is 11.6 Å². The summed E-state index contributed by atoms with van der Waals surface area (Å²) in [4.78, 5) is 38.3. The second-order valence-electron chi connectivity index (χ2n) is 6.90. The molecular weight excluding hydrogens is 428 g/mol. The summed E-state index contributed by atoms with van der Waals surface area (Å²) in [6.45, 7) is 0. The number of hydrogen-bond donors (Lipinski definition) is 3. The summed E-state index contributed by atoms with van der Waals surface area (Å²) >= 11 is 0. The number of carbonyl (C=O) groups is 3. The van der Waals surface area contributed by atoms with E-state index >= 15 is 0 Å². The number of methoxy groups -OCH3 is 1. The minimum atomic E-state index is -4.59. The first-order valence-corrected chi connectivity index (χ1v) is 10.4. The van der Waals surface area contributed by atoms with Crippen molar-refractivity contribution in [2.75, 3.05) is 12.9 Å². The zero-order valence-electron chi connectivity index (χ0n) is 15.9. The summed E-state index contributed by atoms with van der Waals surface area (Å²) in [5.41, 5.74) is -1.09. The maximum absolute atomic E-state index is 13.1. The summed E-state index contributed by atoms with van der Waals surface area (Å²) < 4.78 is 36.0. The van der Waals surface area contributed by atoms with Crippen molar-refractivity contribution < 1.29 is 42.3 Å². The molecule has 0 atom stereocenters. The highest BCUT2D eigenvalue weighted by Crippen LogP contribution is 2.45. The number of phenols is 2. The first-order chi connectivity index (χ1) is 14.5. The fourth-order valence-electron chi connectivity index (χ4n) is 3.70. The number of rotatable bonds is 4. The summed E-state index contributed by atoms with van der Waals surface area (Å²) in [6.07, 6.45) is 0. The maximum Gasteiger partial charge on any atom is 0.272 e. The molecule has 0 amide bonds. The number of phenolic OH excluding ortho intramolecular Hbond substituents is 2. The quantitative estimate of drug-likeness (QED) is 0.245. The van der Waals surface area contributed by atoms with Gasteiger partial charge >= 0.3 is 0 Å². The van der Waals surface area contributed by atoms with Gasteiger partial charge in [-0.1, -0.05) is 18.2 Å². The molecule has 1 aliphatic carbocycles. The molecule has 0 aromatic heterocycles. The Kier molecular flexibility index (Phi) is 4.56. The van der Waals surface area contributed by atoms with Crippen molar-refractivity contribution in [3.8, 4) is 17.2 Å². The van der Waals surface area contributed by atoms with Crippen molar-refractivity contribution in [1.82, 2.24) is 0 Å². The highest BCUT2D eigenvalue weighted by Gasteiger charge is 2.38. The second kappa shape index (κ2) is 6.89. The molecule has 4 rings (SSSR count). The fourth-order valence-corrected chi connectivity index (χ4v) is 4.20. The fraction of sp³-hybridized carbons (Fsp3) is 0.0952. The minimum absolute atomic E-state index is 0.0236. The molecule has 0 radical (unpaired) electrons. The van der Waals surface area contributed by atoms with Crippen molar-refractivity contribution in [2.45, 2.75) is 0 Å². The van der Waals surface area contributed by atoms with Gasteiger partial charge in [-0.2, -0.15) is 8.42 Å². The SMILES string of the molecule is COc1cccc2c1C(=O)c1c(c(O)c3cc(C(=O)CS(=O)(=O)O)ccc3c1O)C2=O. The zero-order chi connectivity index (χ0) is 22.7. The van der Waals surface area contributed by atoms with Gasteiger partial charge in [-0.25, -0.2) is 0 Å². The number of fused-ring (bicyclic) bond motifs is 3. The molecule has 9 nitrogen and oxygen atoms in total. The molecule has 0 spiro atoms. The van der Waals surface area contributed by atoms with Crippen LogP contribution in [0.4, 0.5) is 0 Å². The molecule has 3 N–H and O–H groups in total. The van der Waals surface area contributed by atoms with Crippen LogP contribution in [0, 0.1) is 0 Å². The van der Waals surface area contributed by atoms with E-state index in [1.54, 1.807) is 0 Å². The minimum Gasteiger partial charge on any atom is -0.506 e. The highest BCUT2D eigenvalue weighted by molar-refractivity contribution is 7.86. The van der Waals surface area contributed by atoms with Crippen LogP contribution in [0.15, 0.2) is 36.4 Å². The average molecular weight is 442 g/mol. The Morgan fingerprint density at radius 1 is 0.935 bits per heavy atom. The normalized spacial score (nSPS) is 13.1. The maximum atomic E-state index is 13.1. The Bertz CT molecular complexity index is 1440. The van der Waals surface area contributed by atoms with Gasteiger partial charge in [0.1, 0.15) is 23.0 Å². The lowest BCUT2D eigenvalue weighted by molar-refractivity contribution is 0.0972. The van der Waals surface area contributed by atoms with Crippen molar-refractivity contribution >= 4 is 38.2 Å². The zero-order valence-corrected chi connectivity index (χ0v) is 16.7. The summed E-state index contributed by atoms with van der Waals surface area (Å²) in [5, 5.41) is 21.4. The summed E-state index contributed by atoms with van der Waals surface area (Å²) in [5.74, 6) is -4.68. The molecule has 0 saturated heterocycles. The van der Waals surface area contributed by atoms with E-state index in [1.807, 2.05) is 0 Å². The first kappa shape index (κ1) is 20.5. The molecule has 158 valence electrons. The topological polar surface area (TPSA) is 155 Å². The van der Waals surface area contributed by atoms with Crippen LogP contribution in [0.2, 0.25) is 0 Å². The van der Waals surface area contributed by atoms with Gasteiger partial charge in [0, 0.05) is 21.9 Å². The highest BCUT2D eigenvalue weighted by atomic mass is 32.2. The van der Waals surface area contributed by atoms with E-state index in [0.717, 1.165) is 6.07 Å². The van der Waals surface area contributed by atoms with Crippen LogP contribution in [0.25, 0.3) is 10.8 Å². The second-order valence-corrected chi connectivity index (χ2v) is 8.35. The molecule has 31 heavy (non-hydrogen) atoms. The van der Waals surface area contributed by atoms with Crippen LogP contribution in [-0.2, 0) is 10.1 Å². The molecular formula is C21H14O9S. The Morgan fingerprint density at radius 2 is 1.58 bits per heavy atom. The van der Waals surface area contributed by atoms with Gasteiger partial charge in [-0.3, -0.25) is 18.9 Å². The number of ether oxygens (including phenoxy) is 1. The number of carbonyl (C=O) groups excluding carboxylic acids is 3. The largest absolute Gasteiger partial charge is 0.506 e. The molecule has 0 unspecified atom stereocenters. The van der Waals surface area contributed by atoms with Gasteiger partial charge in [-0.05, 0) is 18.2 Å². The number of aromatic hydroxyl groups is 2. The summed E-state index contributed by atoms with van der Waals surface area (Å²) in [7, 11) is -3.26. The molecule has 0 saturated carbocycles. The number of hydrogen-bond acceptors (Lipinski definition) is 8. The van der Waals surface area contributed by atoms with Crippen LogP contribution in [-0.4, -0.2) is 53.4 Å². The lowest BCUT2D eigenvalue weighted by atomic mass is 9.80. The molecule has 3 aromatic rings. The van der Waals surface area contributed by atoms with Gasteiger partial charge in [0.2, 0.25) is 5.78 Å². The van der Waals surface area contributed by atoms with Crippen molar-refractivity contribution in [3.05, 3.63) is 64.2 Å². The molecule has 1 aliphatic rings. The van der Waals surface area contributed by atoms with E-state index in [9.17, 15) is 33.0 Å². The predicted octanol–water partition coefficient (Wildman–Crippen LogP) is 2.11. The van der Waals surface area contributed by atoms with E-state index in [0.29, 0.717) is 0 Å². The lowest BCUT2D eigenvalue weighted by Crippen LogP contribution is -2.22.